The Bertz CT molecular complexity index is 892. The predicted octanol–water partition coefficient (Wildman–Crippen LogP) is 1.75. The van der Waals surface area contributed by atoms with E-state index in [2.05, 4.69) is 10.4 Å². The monoisotopic (exact) mass is 370 g/mol. The molecule has 1 atom stereocenters. The molecular formula is C19H22N4O4. The van der Waals surface area contributed by atoms with Crippen molar-refractivity contribution >= 4 is 17.6 Å². The number of nitrogens with zero attached hydrogens (tertiary/aromatic N) is 3. The number of benzene rings is 1. The average Bonchev–Trinajstić information content (AvgIpc) is 3.27. The number of amides is 2. The summed E-state index contributed by atoms with van der Waals surface area (Å²) in [4.78, 5) is 27.0. The van der Waals surface area contributed by atoms with Crippen LogP contribution in [0.4, 0.5) is 5.82 Å². The van der Waals surface area contributed by atoms with Gasteiger partial charge in [-0.15, -0.1) is 0 Å². The Morgan fingerprint density at radius 3 is 2.93 bits per heavy atom. The van der Waals surface area contributed by atoms with Crippen molar-refractivity contribution in [3.05, 3.63) is 35.5 Å². The van der Waals surface area contributed by atoms with E-state index in [0.29, 0.717) is 43.2 Å². The molecule has 4 rings (SSSR count). The van der Waals surface area contributed by atoms with Crippen LogP contribution in [-0.2, 0) is 22.7 Å². The van der Waals surface area contributed by atoms with E-state index in [9.17, 15) is 9.59 Å². The number of fused-ring (bicyclic) bond motifs is 2. The molecule has 142 valence electrons. The molecule has 0 fully saturated rings. The van der Waals surface area contributed by atoms with Crippen LogP contribution in [0.2, 0.25) is 0 Å². The summed E-state index contributed by atoms with van der Waals surface area (Å²) >= 11 is 0. The van der Waals surface area contributed by atoms with Crippen molar-refractivity contribution in [3.63, 3.8) is 0 Å². The average molecular weight is 370 g/mol. The van der Waals surface area contributed by atoms with E-state index in [1.54, 1.807) is 9.58 Å². The van der Waals surface area contributed by atoms with Gasteiger partial charge in [0.15, 0.2) is 11.5 Å². The number of hydrogen-bond acceptors (Lipinski definition) is 5. The van der Waals surface area contributed by atoms with Crippen LogP contribution in [0.15, 0.2) is 24.3 Å². The standard InChI is InChI=1S/C19H22N4O4/c1-3-14(23-17-8-12(2)21-22(17)7-6-18(23)24)19(25)20-10-13-4-5-15-16(9-13)27-11-26-15/h4-5,8-9,14H,3,6-7,10-11H2,1-2H3,(H,20,25)/t14-/m0/s1. The topological polar surface area (TPSA) is 85.7 Å². The molecule has 0 bridgehead atoms. The predicted molar refractivity (Wildman–Crippen MR) is 97.6 cm³/mol. The molecule has 1 aromatic carbocycles. The molecule has 27 heavy (non-hydrogen) atoms. The van der Waals surface area contributed by atoms with Gasteiger partial charge in [0.1, 0.15) is 11.9 Å². The summed E-state index contributed by atoms with van der Waals surface area (Å²) in [6, 6.07) is 6.86. The van der Waals surface area contributed by atoms with Crippen LogP contribution in [0, 0.1) is 6.92 Å². The minimum Gasteiger partial charge on any atom is -0.454 e. The first-order valence-corrected chi connectivity index (χ1v) is 9.09. The summed E-state index contributed by atoms with van der Waals surface area (Å²) < 4.78 is 12.5. The largest absolute Gasteiger partial charge is 0.454 e. The molecule has 0 saturated heterocycles. The van der Waals surface area contributed by atoms with Gasteiger partial charge in [0.25, 0.3) is 0 Å². The van der Waals surface area contributed by atoms with Gasteiger partial charge in [-0.3, -0.25) is 14.5 Å². The normalized spacial score (nSPS) is 16.2. The molecule has 1 N–H and O–H groups in total. The van der Waals surface area contributed by atoms with E-state index in [1.165, 1.54) is 0 Å². The molecule has 0 aliphatic carbocycles. The number of nitrogens with one attached hydrogen (secondary N) is 1. The number of carbonyl (C=O) groups is 2. The third-order valence-corrected chi connectivity index (χ3v) is 4.84. The lowest BCUT2D eigenvalue weighted by Crippen LogP contribution is -2.52. The highest BCUT2D eigenvalue weighted by Gasteiger charge is 2.34. The number of aromatic nitrogens is 2. The SMILES string of the molecule is CC[C@@H](C(=O)NCc1ccc2c(c1)OCO2)N1C(=O)CCn2nc(C)cc21. The van der Waals surface area contributed by atoms with E-state index in [4.69, 9.17) is 9.47 Å². The highest BCUT2D eigenvalue weighted by molar-refractivity contribution is 6.00. The van der Waals surface area contributed by atoms with E-state index in [-0.39, 0.29) is 18.6 Å². The Kier molecular flexibility index (Phi) is 4.47. The van der Waals surface area contributed by atoms with Crippen LogP contribution in [0.5, 0.6) is 11.5 Å². The number of rotatable bonds is 5. The number of anilines is 1. The molecule has 3 heterocycles. The molecule has 2 aromatic rings. The van der Waals surface area contributed by atoms with E-state index in [1.807, 2.05) is 38.1 Å². The zero-order valence-corrected chi connectivity index (χ0v) is 15.4. The minimum absolute atomic E-state index is 0.0486. The van der Waals surface area contributed by atoms with Gasteiger partial charge in [-0.1, -0.05) is 13.0 Å². The highest BCUT2D eigenvalue weighted by atomic mass is 16.7. The first kappa shape index (κ1) is 17.4. The summed E-state index contributed by atoms with van der Waals surface area (Å²) in [6.07, 6.45) is 0.864. The fourth-order valence-corrected chi connectivity index (χ4v) is 3.52. The van der Waals surface area contributed by atoms with Crippen molar-refractivity contribution in [3.8, 4) is 11.5 Å². The Morgan fingerprint density at radius 1 is 1.30 bits per heavy atom. The lowest BCUT2D eigenvalue weighted by molar-refractivity contribution is -0.127. The van der Waals surface area contributed by atoms with Crippen molar-refractivity contribution in [2.75, 3.05) is 11.7 Å². The summed E-state index contributed by atoms with van der Waals surface area (Å²) in [5.74, 6) is 1.84. The molecule has 8 nitrogen and oxygen atoms in total. The molecule has 8 heteroatoms. The molecule has 2 amide bonds. The van der Waals surface area contributed by atoms with Crippen LogP contribution in [0.25, 0.3) is 0 Å². The van der Waals surface area contributed by atoms with Crippen molar-refractivity contribution in [1.82, 2.24) is 15.1 Å². The first-order chi connectivity index (χ1) is 13.1. The Morgan fingerprint density at radius 2 is 2.11 bits per heavy atom. The van der Waals surface area contributed by atoms with Crippen LogP contribution in [0.3, 0.4) is 0 Å². The summed E-state index contributed by atoms with van der Waals surface area (Å²) in [7, 11) is 0. The number of ether oxygens (including phenoxy) is 2. The summed E-state index contributed by atoms with van der Waals surface area (Å²) in [5.41, 5.74) is 1.74. The molecule has 0 spiro atoms. The lowest BCUT2D eigenvalue weighted by Gasteiger charge is -2.33. The Balaban J connectivity index is 1.49. The number of hydrogen-bond donors (Lipinski definition) is 1. The second-order valence-corrected chi connectivity index (χ2v) is 6.71. The van der Waals surface area contributed by atoms with Gasteiger partial charge in [0, 0.05) is 19.0 Å². The highest BCUT2D eigenvalue weighted by Crippen LogP contribution is 2.32. The van der Waals surface area contributed by atoms with Gasteiger partial charge in [-0.25, -0.2) is 4.68 Å². The molecule has 0 radical (unpaired) electrons. The Labute approximate surface area is 157 Å². The van der Waals surface area contributed by atoms with Crippen molar-refractivity contribution in [2.24, 2.45) is 0 Å². The third-order valence-electron chi connectivity index (χ3n) is 4.84. The van der Waals surface area contributed by atoms with E-state index < -0.39 is 6.04 Å². The minimum atomic E-state index is -0.568. The lowest BCUT2D eigenvalue weighted by atomic mass is 10.1. The molecule has 0 unspecified atom stereocenters. The maximum absolute atomic E-state index is 12.9. The number of aryl methyl sites for hydroxylation is 2. The zero-order chi connectivity index (χ0) is 19.0. The molecule has 2 aliphatic heterocycles. The first-order valence-electron chi connectivity index (χ1n) is 9.09. The second kappa shape index (κ2) is 6.94. The van der Waals surface area contributed by atoms with Crippen LogP contribution < -0.4 is 19.7 Å². The van der Waals surface area contributed by atoms with E-state index in [0.717, 1.165) is 11.3 Å². The van der Waals surface area contributed by atoms with Crippen LogP contribution >= 0.6 is 0 Å². The third kappa shape index (κ3) is 3.22. The molecular weight excluding hydrogens is 348 g/mol. The molecule has 0 saturated carbocycles. The smallest absolute Gasteiger partial charge is 0.243 e. The van der Waals surface area contributed by atoms with Gasteiger partial charge < -0.3 is 14.8 Å². The second-order valence-electron chi connectivity index (χ2n) is 6.71. The van der Waals surface area contributed by atoms with Crippen LogP contribution in [0.1, 0.15) is 31.0 Å². The van der Waals surface area contributed by atoms with Gasteiger partial charge in [-0.05, 0) is 31.0 Å². The number of carbonyl (C=O) groups excluding carboxylic acids is 2. The quantitative estimate of drug-likeness (QED) is 0.867. The van der Waals surface area contributed by atoms with Crippen LogP contribution in [-0.4, -0.2) is 34.4 Å². The molecule has 2 aliphatic rings. The zero-order valence-electron chi connectivity index (χ0n) is 15.4. The molecule has 1 aromatic heterocycles. The summed E-state index contributed by atoms with van der Waals surface area (Å²) in [5, 5.41) is 7.34. The van der Waals surface area contributed by atoms with Crippen molar-refractivity contribution < 1.29 is 19.1 Å². The van der Waals surface area contributed by atoms with Gasteiger partial charge in [0.05, 0.1) is 12.2 Å². The van der Waals surface area contributed by atoms with Gasteiger partial charge >= 0.3 is 0 Å². The van der Waals surface area contributed by atoms with Gasteiger partial charge in [0.2, 0.25) is 18.6 Å². The maximum Gasteiger partial charge on any atom is 0.243 e. The van der Waals surface area contributed by atoms with Crippen molar-refractivity contribution in [2.45, 2.75) is 45.8 Å². The fraction of sp³-hybridized carbons (Fsp3) is 0.421. The fourth-order valence-electron chi connectivity index (χ4n) is 3.52. The summed E-state index contributed by atoms with van der Waals surface area (Å²) in [6.45, 7) is 4.90. The maximum atomic E-state index is 12.9. The van der Waals surface area contributed by atoms with Gasteiger partial charge in [-0.2, -0.15) is 5.10 Å². The van der Waals surface area contributed by atoms with Crippen molar-refractivity contribution in [1.29, 1.82) is 0 Å². The van der Waals surface area contributed by atoms with E-state index >= 15 is 0 Å². The Hall–Kier alpha value is -3.03.